The van der Waals surface area contributed by atoms with Gasteiger partial charge in [0, 0.05) is 19.4 Å². The fourth-order valence-corrected chi connectivity index (χ4v) is 3.82. The van der Waals surface area contributed by atoms with Gasteiger partial charge in [-0.05, 0) is 30.9 Å². The van der Waals surface area contributed by atoms with Crippen LogP contribution in [0.5, 0.6) is 0 Å². The standard InChI is InChI=1S/C20H21N3O6.Cu/c1-11(2)10-23-16(24)12-6-5-7-13(14(12)17(23)25)21-22-15-18(26)28-20(29-19(15)27)8-3-4-9-20;/h5-7,11,21H,3-4,8-10H2,1-2H3;/q;+2. The molecular formula is C20H21CuN3O6+2. The van der Waals surface area contributed by atoms with Crippen LogP contribution in [-0.4, -0.2) is 46.7 Å². The molecule has 1 N–H and O–H groups in total. The molecular weight excluding hydrogens is 442 g/mol. The molecule has 1 aromatic carbocycles. The number of hydrogen-bond donors (Lipinski definition) is 1. The number of esters is 2. The van der Waals surface area contributed by atoms with Crippen LogP contribution in [0.4, 0.5) is 5.69 Å². The molecule has 1 aromatic rings. The minimum atomic E-state index is -1.18. The van der Waals surface area contributed by atoms with E-state index in [1.165, 1.54) is 4.90 Å². The van der Waals surface area contributed by atoms with Crippen molar-refractivity contribution in [2.75, 3.05) is 12.0 Å². The van der Waals surface area contributed by atoms with Gasteiger partial charge in [-0.15, -0.1) is 0 Å². The summed E-state index contributed by atoms with van der Waals surface area (Å²) in [5, 5.41) is 3.83. The van der Waals surface area contributed by atoms with Crippen LogP contribution in [-0.2, 0) is 36.1 Å². The SMILES string of the molecule is CC(C)CN1C(=O)c2cccc(NN=C3C(=O)OC4(CCCC4)OC3=O)c2C1=O.[Cu+2]. The largest absolute Gasteiger partial charge is 2.00 e. The first-order valence-corrected chi connectivity index (χ1v) is 9.61. The second-order valence-corrected chi connectivity index (χ2v) is 7.81. The molecule has 1 saturated heterocycles. The number of anilines is 1. The first kappa shape index (κ1) is 22.0. The summed E-state index contributed by atoms with van der Waals surface area (Å²) < 4.78 is 10.6. The number of imide groups is 1. The number of ether oxygens (including phenoxy) is 2. The molecule has 2 heterocycles. The van der Waals surface area contributed by atoms with Gasteiger partial charge in [-0.1, -0.05) is 19.9 Å². The first-order valence-electron chi connectivity index (χ1n) is 9.61. The summed E-state index contributed by atoms with van der Waals surface area (Å²) in [6.45, 7) is 4.11. The number of hydrazone groups is 1. The predicted octanol–water partition coefficient (Wildman–Crippen LogP) is 2.07. The van der Waals surface area contributed by atoms with Gasteiger partial charge < -0.3 is 9.47 Å². The number of carbonyl (C=O) groups excluding carboxylic acids is 4. The summed E-state index contributed by atoms with van der Waals surface area (Å²) in [5.41, 5.74) is 2.67. The monoisotopic (exact) mass is 462 g/mol. The predicted molar refractivity (Wildman–Crippen MR) is 101 cm³/mol. The van der Waals surface area contributed by atoms with Crippen LogP contribution in [0.15, 0.2) is 23.3 Å². The number of rotatable bonds is 4. The zero-order valence-electron chi connectivity index (χ0n) is 16.5. The normalized spacial score (nSPS) is 19.6. The number of hydrogen-bond acceptors (Lipinski definition) is 8. The number of fused-ring (bicyclic) bond motifs is 1. The molecule has 161 valence electrons. The Labute approximate surface area is 183 Å². The quantitative estimate of drug-likeness (QED) is 0.315. The molecule has 2 amide bonds. The Kier molecular flexibility index (Phi) is 6.01. The van der Waals surface area contributed by atoms with Crippen LogP contribution in [0, 0.1) is 5.92 Å². The van der Waals surface area contributed by atoms with Crippen molar-refractivity contribution in [1.29, 1.82) is 0 Å². The average Bonchev–Trinajstić information content (AvgIpc) is 3.19. The third-order valence-electron chi connectivity index (χ3n) is 5.14. The molecule has 1 saturated carbocycles. The summed E-state index contributed by atoms with van der Waals surface area (Å²) in [4.78, 5) is 51.0. The minimum Gasteiger partial charge on any atom is -0.417 e. The van der Waals surface area contributed by atoms with E-state index in [0.717, 1.165) is 12.8 Å². The Bertz CT molecular complexity index is 930. The average molecular weight is 463 g/mol. The van der Waals surface area contributed by atoms with Gasteiger partial charge in [-0.25, -0.2) is 9.59 Å². The minimum absolute atomic E-state index is 0. The molecule has 9 nitrogen and oxygen atoms in total. The maximum atomic E-state index is 12.7. The molecule has 4 rings (SSSR count). The second-order valence-electron chi connectivity index (χ2n) is 7.81. The van der Waals surface area contributed by atoms with Crippen molar-refractivity contribution < 1.29 is 45.7 Å². The maximum absolute atomic E-state index is 12.7. The van der Waals surface area contributed by atoms with Crippen LogP contribution in [0.25, 0.3) is 0 Å². The molecule has 1 radical (unpaired) electrons. The Hall–Kier alpha value is -2.71. The molecule has 0 aromatic heterocycles. The molecule has 2 aliphatic heterocycles. The molecule has 2 fully saturated rings. The maximum Gasteiger partial charge on any atom is 2.00 e. The van der Waals surface area contributed by atoms with Crippen molar-refractivity contribution in [3.05, 3.63) is 29.3 Å². The van der Waals surface area contributed by atoms with E-state index in [1.807, 2.05) is 13.8 Å². The fraction of sp³-hybridized carbons (Fsp3) is 0.450. The number of carbonyl (C=O) groups is 4. The van der Waals surface area contributed by atoms with Gasteiger partial charge in [-0.3, -0.25) is 19.9 Å². The van der Waals surface area contributed by atoms with E-state index in [4.69, 9.17) is 9.47 Å². The van der Waals surface area contributed by atoms with Crippen molar-refractivity contribution in [3.63, 3.8) is 0 Å². The zero-order valence-corrected chi connectivity index (χ0v) is 17.4. The molecule has 30 heavy (non-hydrogen) atoms. The molecule has 1 spiro atoms. The number of nitrogens with zero attached hydrogens (tertiary/aromatic N) is 2. The second kappa shape index (κ2) is 8.20. The summed E-state index contributed by atoms with van der Waals surface area (Å²) in [6, 6.07) is 4.70. The molecule has 1 aliphatic carbocycles. The van der Waals surface area contributed by atoms with Crippen LogP contribution in [0.2, 0.25) is 0 Å². The van der Waals surface area contributed by atoms with Crippen LogP contribution in [0.1, 0.15) is 60.2 Å². The number of nitrogens with one attached hydrogen (secondary N) is 1. The van der Waals surface area contributed by atoms with Crippen molar-refractivity contribution in [2.45, 2.75) is 45.3 Å². The van der Waals surface area contributed by atoms with Gasteiger partial charge >= 0.3 is 29.0 Å². The third-order valence-corrected chi connectivity index (χ3v) is 5.14. The van der Waals surface area contributed by atoms with Gasteiger partial charge in [0.25, 0.3) is 23.3 Å². The van der Waals surface area contributed by atoms with Gasteiger partial charge in [0.1, 0.15) is 0 Å². The summed E-state index contributed by atoms with van der Waals surface area (Å²) in [5.74, 6) is -3.63. The van der Waals surface area contributed by atoms with Gasteiger partial charge in [0.2, 0.25) is 0 Å². The Balaban J connectivity index is 0.00000256. The third kappa shape index (κ3) is 3.72. The summed E-state index contributed by atoms with van der Waals surface area (Å²) in [7, 11) is 0. The Morgan fingerprint density at radius 1 is 1.07 bits per heavy atom. The van der Waals surface area contributed by atoms with Gasteiger partial charge in [0.05, 0.1) is 16.8 Å². The van der Waals surface area contributed by atoms with Gasteiger partial charge in [0.15, 0.2) is 0 Å². The van der Waals surface area contributed by atoms with E-state index < -0.39 is 29.3 Å². The van der Waals surface area contributed by atoms with Crippen LogP contribution >= 0.6 is 0 Å². The van der Waals surface area contributed by atoms with E-state index in [2.05, 4.69) is 10.5 Å². The Morgan fingerprint density at radius 3 is 2.30 bits per heavy atom. The first-order chi connectivity index (χ1) is 13.8. The van der Waals surface area contributed by atoms with E-state index in [9.17, 15) is 19.2 Å². The number of amides is 2. The molecule has 0 unspecified atom stereocenters. The molecule has 0 atom stereocenters. The fourth-order valence-electron chi connectivity index (χ4n) is 3.82. The van der Waals surface area contributed by atoms with Crippen molar-refractivity contribution in [2.24, 2.45) is 11.0 Å². The molecule has 3 aliphatic rings. The number of benzene rings is 1. The van der Waals surface area contributed by atoms with Crippen molar-refractivity contribution in [1.82, 2.24) is 4.90 Å². The molecule has 10 heteroatoms. The smallest absolute Gasteiger partial charge is 0.417 e. The van der Waals surface area contributed by atoms with Crippen LogP contribution < -0.4 is 5.43 Å². The van der Waals surface area contributed by atoms with E-state index in [0.29, 0.717) is 19.4 Å². The topological polar surface area (TPSA) is 114 Å². The van der Waals surface area contributed by atoms with Crippen LogP contribution in [0.3, 0.4) is 0 Å². The summed E-state index contributed by atoms with van der Waals surface area (Å²) in [6.07, 6.45) is 2.56. The van der Waals surface area contributed by atoms with Crippen molar-refractivity contribution >= 4 is 35.2 Å². The van der Waals surface area contributed by atoms with E-state index in [1.54, 1.807) is 18.2 Å². The van der Waals surface area contributed by atoms with Gasteiger partial charge in [-0.2, -0.15) is 5.10 Å². The Morgan fingerprint density at radius 2 is 1.70 bits per heavy atom. The summed E-state index contributed by atoms with van der Waals surface area (Å²) >= 11 is 0. The molecule has 0 bridgehead atoms. The van der Waals surface area contributed by atoms with Crippen molar-refractivity contribution in [3.8, 4) is 0 Å². The zero-order chi connectivity index (χ0) is 20.8. The van der Waals surface area contributed by atoms with E-state index >= 15 is 0 Å². The van der Waals surface area contributed by atoms with E-state index in [-0.39, 0.29) is 45.7 Å².